The van der Waals surface area contributed by atoms with Crippen molar-refractivity contribution in [3.8, 4) is 0 Å². The number of carbonyl (C=O) groups is 3. The first kappa shape index (κ1) is 20.2. The number of halogens is 3. The van der Waals surface area contributed by atoms with Gasteiger partial charge in [-0.3, -0.25) is 19.4 Å². The van der Waals surface area contributed by atoms with Crippen LogP contribution in [0.15, 0.2) is 71.9 Å². The van der Waals surface area contributed by atoms with Crippen molar-refractivity contribution in [3.63, 3.8) is 0 Å². The van der Waals surface area contributed by atoms with Crippen LogP contribution in [0.25, 0.3) is 0 Å². The standard InChI is InChI=1S/C23H16F3N3O3/c24-23(25,26)14-9-4-5-10-15(14)28-21(31)17-16-11-6-12-27-29(16)19(18(17)22(28)32)20(30)13-7-2-1-3-8-13/h1-12,16-19H/t16-,17-,18-,19-/m1/s1. The first-order valence-electron chi connectivity index (χ1n) is 9.93. The second-order valence-corrected chi connectivity index (χ2v) is 7.77. The summed E-state index contributed by atoms with van der Waals surface area (Å²) in [7, 11) is 0. The summed E-state index contributed by atoms with van der Waals surface area (Å²) in [5.74, 6) is -4.18. The molecular weight excluding hydrogens is 423 g/mol. The van der Waals surface area contributed by atoms with Crippen molar-refractivity contribution < 1.29 is 27.6 Å². The van der Waals surface area contributed by atoms with Crippen molar-refractivity contribution in [2.75, 3.05) is 4.90 Å². The highest BCUT2D eigenvalue weighted by Crippen LogP contribution is 2.48. The van der Waals surface area contributed by atoms with Gasteiger partial charge in [-0.25, -0.2) is 4.90 Å². The summed E-state index contributed by atoms with van der Waals surface area (Å²) in [6.45, 7) is 0. The van der Waals surface area contributed by atoms with Crippen LogP contribution in [0, 0.1) is 11.8 Å². The summed E-state index contributed by atoms with van der Waals surface area (Å²) in [6.07, 6.45) is -0.0609. The molecule has 32 heavy (non-hydrogen) atoms. The van der Waals surface area contributed by atoms with E-state index >= 15 is 0 Å². The maximum atomic E-state index is 13.6. The Labute approximate surface area is 180 Å². The first-order chi connectivity index (χ1) is 15.3. The van der Waals surface area contributed by atoms with Gasteiger partial charge in [0.15, 0.2) is 5.78 Å². The zero-order chi connectivity index (χ0) is 22.6. The number of para-hydroxylation sites is 1. The fourth-order valence-corrected chi connectivity index (χ4v) is 4.76. The number of allylic oxidation sites excluding steroid dienone is 1. The van der Waals surface area contributed by atoms with Gasteiger partial charge in [-0.05, 0) is 18.2 Å². The van der Waals surface area contributed by atoms with Gasteiger partial charge in [0.1, 0.15) is 6.04 Å². The van der Waals surface area contributed by atoms with Gasteiger partial charge in [0.25, 0.3) is 0 Å². The molecule has 5 rings (SSSR count). The number of fused-ring (bicyclic) bond motifs is 3. The van der Waals surface area contributed by atoms with E-state index in [1.807, 2.05) is 0 Å². The number of hydrogen-bond acceptors (Lipinski definition) is 5. The molecule has 0 unspecified atom stereocenters. The highest BCUT2D eigenvalue weighted by atomic mass is 19.4. The summed E-state index contributed by atoms with van der Waals surface area (Å²) < 4.78 is 40.8. The topological polar surface area (TPSA) is 70.0 Å². The molecule has 0 aliphatic carbocycles. The third-order valence-electron chi connectivity index (χ3n) is 6.07. The van der Waals surface area contributed by atoms with Crippen LogP contribution in [-0.2, 0) is 15.8 Å². The molecule has 162 valence electrons. The second kappa shape index (κ2) is 7.15. The van der Waals surface area contributed by atoms with Crippen LogP contribution >= 0.6 is 0 Å². The lowest BCUT2D eigenvalue weighted by Gasteiger charge is -2.30. The third kappa shape index (κ3) is 2.88. The number of Topliss-reactive ketones (excluding diaryl/α,β-unsaturated/α-hetero) is 1. The van der Waals surface area contributed by atoms with Crippen LogP contribution < -0.4 is 4.90 Å². The molecule has 0 aromatic heterocycles. The molecule has 4 atom stereocenters. The van der Waals surface area contributed by atoms with E-state index in [-0.39, 0.29) is 0 Å². The molecule has 0 radical (unpaired) electrons. The maximum absolute atomic E-state index is 13.6. The molecule has 3 heterocycles. The van der Waals surface area contributed by atoms with Crippen LogP contribution in [0.2, 0.25) is 0 Å². The van der Waals surface area contributed by atoms with Crippen molar-refractivity contribution in [2.24, 2.45) is 16.9 Å². The highest BCUT2D eigenvalue weighted by Gasteiger charge is 2.64. The molecule has 2 fully saturated rings. The number of imide groups is 1. The molecule has 0 bridgehead atoms. The van der Waals surface area contributed by atoms with Crippen molar-refractivity contribution in [3.05, 3.63) is 77.9 Å². The van der Waals surface area contributed by atoms with Crippen LogP contribution in [0.4, 0.5) is 18.9 Å². The van der Waals surface area contributed by atoms with E-state index in [9.17, 15) is 27.6 Å². The van der Waals surface area contributed by atoms with Crippen molar-refractivity contribution >= 4 is 29.5 Å². The zero-order valence-electron chi connectivity index (χ0n) is 16.4. The number of ketones is 1. The molecule has 0 spiro atoms. The molecule has 3 aliphatic rings. The minimum absolute atomic E-state index is 0.330. The van der Waals surface area contributed by atoms with E-state index in [2.05, 4.69) is 5.10 Å². The summed E-state index contributed by atoms with van der Waals surface area (Å²) in [5.41, 5.74) is -1.28. The molecular formula is C23H16F3N3O3. The second-order valence-electron chi connectivity index (χ2n) is 7.77. The summed E-state index contributed by atoms with van der Waals surface area (Å²) in [4.78, 5) is 40.8. The molecule has 2 aromatic carbocycles. The summed E-state index contributed by atoms with van der Waals surface area (Å²) in [5, 5.41) is 5.65. The maximum Gasteiger partial charge on any atom is 0.418 e. The Hall–Kier alpha value is -3.75. The van der Waals surface area contributed by atoms with Gasteiger partial charge in [-0.2, -0.15) is 18.3 Å². The fraction of sp³-hybridized carbons (Fsp3) is 0.217. The van der Waals surface area contributed by atoms with Gasteiger partial charge in [0.2, 0.25) is 11.8 Å². The van der Waals surface area contributed by atoms with Gasteiger partial charge in [-0.15, -0.1) is 0 Å². The van der Waals surface area contributed by atoms with E-state index in [0.717, 1.165) is 12.1 Å². The zero-order valence-corrected chi connectivity index (χ0v) is 16.4. The van der Waals surface area contributed by atoms with Gasteiger partial charge in [-0.1, -0.05) is 48.5 Å². The minimum Gasteiger partial charge on any atom is -0.292 e. The predicted octanol–water partition coefficient (Wildman–Crippen LogP) is 3.30. The summed E-state index contributed by atoms with van der Waals surface area (Å²) in [6, 6.07) is 10.9. The highest BCUT2D eigenvalue weighted by molar-refractivity contribution is 6.25. The largest absolute Gasteiger partial charge is 0.418 e. The van der Waals surface area contributed by atoms with Gasteiger partial charge in [0, 0.05) is 11.8 Å². The minimum atomic E-state index is -4.75. The number of hydrazone groups is 1. The number of alkyl halides is 3. The quantitative estimate of drug-likeness (QED) is 0.544. The van der Waals surface area contributed by atoms with E-state index in [4.69, 9.17) is 0 Å². The number of amides is 2. The first-order valence-corrected chi connectivity index (χ1v) is 9.93. The molecule has 2 saturated heterocycles. The van der Waals surface area contributed by atoms with Crippen LogP contribution in [-0.4, -0.2) is 40.9 Å². The molecule has 0 saturated carbocycles. The summed E-state index contributed by atoms with van der Waals surface area (Å²) >= 11 is 0. The molecule has 0 N–H and O–H groups in total. The molecule has 2 aromatic rings. The molecule has 6 nitrogen and oxygen atoms in total. The SMILES string of the molecule is O=C(c1ccccc1)[C@H]1[C@@H]2C(=O)N(c3ccccc3C(F)(F)F)C(=O)[C@@H]2[C@H]2C=CC=NN21. The Morgan fingerprint density at radius 3 is 2.28 bits per heavy atom. The number of anilines is 1. The third-order valence-corrected chi connectivity index (χ3v) is 6.07. The van der Waals surface area contributed by atoms with E-state index in [1.165, 1.54) is 23.4 Å². The van der Waals surface area contributed by atoms with Crippen LogP contribution in [0.3, 0.4) is 0 Å². The molecule has 3 aliphatic heterocycles. The van der Waals surface area contributed by atoms with Crippen molar-refractivity contribution in [1.29, 1.82) is 0 Å². The van der Waals surface area contributed by atoms with Crippen molar-refractivity contribution in [2.45, 2.75) is 18.3 Å². The van der Waals surface area contributed by atoms with Gasteiger partial charge < -0.3 is 0 Å². The fourth-order valence-electron chi connectivity index (χ4n) is 4.76. The number of benzene rings is 2. The van der Waals surface area contributed by atoms with E-state index in [0.29, 0.717) is 10.5 Å². The average molecular weight is 439 g/mol. The van der Waals surface area contributed by atoms with Crippen molar-refractivity contribution in [1.82, 2.24) is 5.01 Å². The lowest BCUT2D eigenvalue weighted by molar-refractivity contribution is -0.137. The number of carbonyl (C=O) groups excluding carboxylic acids is 3. The van der Waals surface area contributed by atoms with Crippen LogP contribution in [0.1, 0.15) is 15.9 Å². The Bertz CT molecular complexity index is 1180. The monoisotopic (exact) mass is 439 g/mol. The predicted molar refractivity (Wildman–Crippen MR) is 109 cm³/mol. The Morgan fingerprint density at radius 1 is 0.906 bits per heavy atom. The molecule has 2 amide bonds. The van der Waals surface area contributed by atoms with Gasteiger partial charge >= 0.3 is 6.18 Å². The van der Waals surface area contributed by atoms with Crippen LogP contribution in [0.5, 0.6) is 0 Å². The van der Waals surface area contributed by atoms with Gasteiger partial charge in [0.05, 0.1) is 29.1 Å². The average Bonchev–Trinajstić information content (AvgIpc) is 3.26. The lowest BCUT2D eigenvalue weighted by Crippen LogP contribution is -2.46. The number of rotatable bonds is 3. The Morgan fingerprint density at radius 2 is 1.56 bits per heavy atom. The van der Waals surface area contributed by atoms with E-state index < -0.39 is 58.9 Å². The number of nitrogens with zero attached hydrogens (tertiary/aromatic N) is 3. The van der Waals surface area contributed by atoms with E-state index in [1.54, 1.807) is 42.5 Å². The Kier molecular flexibility index (Phi) is 4.51. The Balaban J connectivity index is 1.61. The normalized spacial score (nSPS) is 26.5. The lowest BCUT2D eigenvalue weighted by atomic mass is 9.86. The number of hydrogen-bond donors (Lipinski definition) is 0. The molecule has 9 heteroatoms. The smallest absolute Gasteiger partial charge is 0.292 e.